The molecule has 0 saturated carbocycles. The van der Waals surface area contributed by atoms with Crippen LogP contribution in [0.4, 0.5) is 4.79 Å². The van der Waals surface area contributed by atoms with E-state index in [1.54, 1.807) is 32.1 Å². The van der Waals surface area contributed by atoms with Crippen LogP contribution in [0.2, 0.25) is 27.3 Å². The Hall–Kier alpha value is -4.01. The molecule has 3 aliphatic heterocycles. The highest BCUT2D eigenvalue weighted by atomic mass is 127. The highest BCUT2D eigenvalue weighted by Crippen LogP contribution is 2.26. The number of hydrogen-bond acceptors (Lipinski definition) is 18. The summed E-state index contributed by atoms with van der Waals surface area (Å²) in [7, 11) is -4.08. The number of alkyl halides is 1. The molecule has 0 aromatic rings. The number of aliphatic hydroxyl groups excluding tert-OH is 4. The van der Waals surface area contributed by atoms with Crippen LogP contribution in [0.25, 0.3) is 0 Å². The maximum atomic E-state index is 11.8. The predicted octanol–water partition coefficient (Wildman–Crippen LogP) is -3.34. The van der Waals surface area contributed by atoms with Gasteiger partial charge in [0.2, 0.25) is 11.8 Å². The summed E-state index contributed by atoms with van der Waals surface area (Å²) in [4.78, 5) is 43.0. The van der Waals surface area contributed by atoms with Crippen LogP contribution in [0.3, 0.4) is 0 Å². The van der Waals surface area contributed by atoms with Gasteiger partial charge in [-0.15, -0.1) is 0 Å². The van der Waals surface area contributed by atoms with Gasteiger partial charge in [0.05, 0.1) is 48.4 Å². The first-order valence-corrected chi connectivity index (χ1v) is 20.3. The molecule has 3 heterocycles. The Morgan fingerprint density at radius 3 is 1.58 bits per heavy atom. The number of hydrogen-bond donors (Lipinski definition) is 14. The molecule has 0 aromatic heterocycles. The van der Waals surface area contributed by atoms with Gasteiger partial charge < -0.3 is 91.2 Å². The number of nitriles is 1. The van der Waals surface area contributed by atoms with Gasteiger partial charge in [0.15, 0.2) is 24.1 Å². The first-order valence-electron chi connectivity index (χ1n) is 19.5. The van der Waals surface area contributed by atoms with Gasteiger partial charge in [-0.05, 0) is 58.2 Å². The van der Waals surface area contributed by atoms with E-state index in [1.165, 1.54) is 48.1 Å². The fourth-order valence-corrected chi connectivity index (χ4v) is 5.78. The highest BCUT2D eigenvalue weighted by Gasteiger charge is 2.46. The Balaban J connectivity index is 0. The van der Waals surface area contributed by atoms with Gasteiger partial charge in [0.1, 0.15) is 31.0 Å². The normalized spacial score (nSPS) is 24.2. The Bertz CT molecular complexity index is 1570. The number of cyclic esters (lactones) is 2. The maximum Gasteiger partial charge on any atom is 0.508 e. The Morgan fingerprint density at radius 1 is 0.871 bits per heavy atom. The third kappa shape index (κ3) is 22.4. The van der Waals surface area contributed by atoms with E-state index >= 15 is 0 Å². The summed E-state index contributed by atoms with van der Waals surface area (Å²) in [5.41, 5.74) is 0. The number of allylic oxidation sites excluding steroid dienone is 2. The van der Waals surface area contributed by atoms with E-state index in [1.807, 2.05) is 22.6 Å². The molecule has 0 aromatic carbocycles. The second-order valence-corrected chi connectivity index (χ2v) is 13.5. The van der Waals surface area contributed by atoms with Gasteiger partial charge in [-0.2, -0.15) is 5.26 Å². The number of halogens is 1. The largest absolute Gasteiger partial charge is 0.508 e. The molecule has 29 heteroatoms. The lowest BCUT2D eigenvalue weighted by Crippen LogP contribution is -2.64. The number of guanidine groups is 2. The average Bonchev–Trinajstić information content (AvgIpc) is 3.58. The number of carbonyl (C=O) groups is 3. The lowest BCUT2D eigenvalue weighted by Gasteiger charge is -2.41. The van der Waals surface area contributed by atoms with Gasteiger partial charge in [0.25, 0.3) is 0 Å². The molecule has 0 spiro atoms. The summed E-state index contributed by atoms with van der Waals surface area (Å²) >= 11 is 1.96. The molecule has 10 atom stereocenters. The van der Waals surface area contributed by atoms with E-state index in [-0.39, 0.29) is 31.9 Å². The van der Waals surface area contributed by atoms with Crippen molar-refractivity contribution in [2.75, 3.05) is 18.1 Å². The molecule has 3 aliphatic rings. The Morgan fingerprint density at radius 2 is 1.26 bits per heavy atom. The minimum absolute atomic E-state index is 0. The van der Waals surface area contributed by atoms with Crippen molar-refractivity contribution in [3.8, 4) is 6.07 Å². The summed E-state index contributed by atoms with van der Waals surface area (Å²) in [5, 5.41) is 102. The van der Waals surface area contributed by atoms with Crippen molar-refractivity contribution in [3.05, 3.63) is 23.7 Å². The molecule has 1 saturated heterocycles. The van der Waals surface area contributed by atoms with E-state index in [2.05, 4.69) is 41.5 Å². The van der Waals surface area contributed by atoms with Crippen molar-refractivity contribution in [2.45, 2.75) is 130 Å². The minimum atomic E-state index is -1.48. The number of ether oxygens (including phenoxy) is 4. The van der Waals surface area contributed by atoms with Crippen LogP contribution >= 0.6 is 22.6 Å². The zero-order valence-corrected chi connectivity index (χ0v) is 37.7. The van der Waals surface area contributed by atoms with Gasteiger partial charge in [-0.1, -0.05) is 30.0 Å². The quantitative estimate of drug-likeness (QED) is 0.0214. The zero-order valence-electron chi connectivity index (χ0n) is 36.5. The SMILES string of the molecule is C.CB(O)N=C(NB(C)O)NC1C=C(C)O[C@@H]([C@H](O)C(O)CO)[C@@H]1NC(C)=O.CB(O)N=C(NB(C)O)NC1C=C(C)O[C@@H]([C@H](O)C2COC(=O)O2)[C@@H]1NC(C)=O.CC#N.[2H]CI. The van der Waals surface area contributed by atoms with E-state index in [9.17, 15) is 49.8 Å². The summed E-state index contributed by atoms with van der Waals surface area (Å²) in [6.07, 6.45) is -4.89. The molecule has 0 aliphatic carbocycles. The van der Waals surface area contributed by atoms with Crippen molar-refractivity contribution in [3.63, 3.8) is 0 Å². The molecule has 2 amide bonds. The van der Waals surface area contributed by atoms with Gasteiger partial charge in [-0.25, -0.2) is 4.79 Å². The molecule has 1 fully saturated rings. The van der Waals surface area contributed by atoms with Crippen molar-refractivity contribution in [2.24, 2.45) is 9.81 Å². The molecule has 62 heavy (non-hydrogen) atoms. The lowest BCUT2D eigenvalue weighted by molar-refractivity contribution is -0.126. The van der Waals surface area contributed by atoms with Crippen LogP contribution < -0.4 is 31.7 Å². The van der Waals surface area contributed by atoms with E-state index in [0.29, 0.717) is 16.4 Å². The number of rotatable bonds is 13. The van der Waals surface area contributed by atoms with Crippen LogP contribution in [0.15, 0.2) is 33.5 Å². The van der Waals surface area contributed by atoms with Crippen LogP contribution in [0.5, 0.6) is 0 Å². The molecule has 350 valence electrons. The summed E-state index contributed by atoms with van der Waals surface area (Å²) in [6.45, 7) is 12.3. The number of nitrogens with one attached hydrogen (secondary N) is 6. The fraction of sp³-hybridized carbons (Fsp3) is 0.697. The van der Waals surface area contributed by atoms with E-state index in [4.69, 9.17) is 30.7 Å². The topological polar surface area (TPSA) is 371 Å². The van der Waals surface area contributed by atoms with Crippen molar-refractivity contribution in [1.82, 2.24) is 31.7 Å². The molecule has 4 unspecified atom stereocenters. The standard InChI is InChI=1S/C15H26B2N4O8.C14H28B2N4O7.C2H3N.CH3I.CH4/c1-7-5-9(19-14(20-16(3)25)21-17(4)26)11(18-8(2)22)13(28-7)12(23)10-6-27-15(24)29-10;1-7-5-9(18-14(19-15(3)25)20-16(4)26)11(17-8(2)22)13(27-7)12(24)10(23)6-21;1-2-3;1-2;/h5,9-13,23,25-26H,6H2,1-4H3,(H,18,22)(H2,19,20,21);5,9-13,21,23-26H,6H2,1-4H3,(H,17,22)(H2,18,19,20);1H3;1H3;1H4/t2*9?,10?,11-,12-,13-;;;/m11.../s1/i;;;1D;. The number of carbonyl (C=O) groups excluding carboxylic acids is 3. The number of nitrogens with zero attached hydrogens (tertiary/aromatic N) is 3. The smallest absolute Gasteiger partial charge is 0.490 e. The monoisotopic (exact) mass is 998 g/mol. The second kappa shape index (κ2) is 30.9. The third-order valence-electron chi connectivity index (χ3n) is 7.87. The second-order valence-electron chi connectivity index (χ2n) is 13.5. The number of amides is 2. The first-order chi connectivity index (χ1) is 28.9. The van der Waals surface area contributed by atoms with Gasteiger partial charge in [-0.3, -0.25) is 19.4 Å². The third-order valence-corrected chi connectivity index (χ3v) is 7.87. The summed E-state index contributed by atoms with van der Waals surface area (Å²) < 4.78 is 27.2. The van der Waals surface area contributed by atoms with Crippen molar-refractivity contribution in [1.29, 1.82) is 5.26 Å². The summed E-state index contributed by atoms with van der Waals surface area (Å²) in [5.74, 6) is 0.181. The highest BCUT2D eigenvalue weighted by molar-refractivity contribution is 14.1. The molecule has 24 nitrogen and oxygen atoms in total. The first kappa shape index (κ1) is 58.0. The van der Waals surface area contributed by atoms with E-state index < -0.39 is 108 Å². The number of aliphatic hydroxyl groups is 4. The van der Waals surface area contributed by atoms with Gasteiger partial charge in [0, 0.05) is 22.1 Å². The summed E-state index contributed by atoms with van der Waals surface area (Å²) in [6, 6.07) is -1.22. The van der Waals surface area contributed by atoms with E-state index in [0.717, 1.165) is 0 Å². The Labute approximate surface area is 379 Å². The van der Waals surface area contributed by atoms with Gasteiger partial charge >= 0.3 is 34.4 Å². The van der Waals surface area contributed by atoms with Crippen LogP contribution in [-0.4, -0.2) is 178 Å². The minimum Gasteiger partial charge on any atom is -0.490 e. The van der Waals surface area contributed by atoms with Crippen LogP contribution in [-0.2, 0) is 28.5 Å². The lowest BCUT2D eigenvalue weighted by atomic mass is 9.87. The molecule has 0 radical (unpaired) electrons. The molecule has 0 bridgehead atoms. The molecule has 14 N–H and O–H groups in total. The molecule has 3 rings (SSSR count). The molecular weight excluding hydrogens is 933 g/mol. The fourth-order valence-electron chi connectivity index (χ4n) is 5.78. The van der Waals surface area contributed by atoms with Crippen molar-refractivity contribution < 1.29 is 75.2 Å². The predicted molar refractivity (Wildman–Crippen MR) is 242 cm³/mol. The van der Waals surface area contributed by atoms with Crippen LogP contribution in [0.1, 0.15) is 43.4 Å². The van der Waals surface area contributed by atoms with Crippen molar-refractivity contribution >= 4 is 80.7 Å². The maximum absolute atomic E-state index is 11.8. The van der Waals surface area contributed by atoms with Crippen LogP contribution in [0, 0.1) is 11.3 Å². The molecular formula is C33H64B4IN9O15. The zero-order chi connectivity index (χ0) is 47.9. The Kier molecular flexibility index (Phi) is 28.9. The average molecular weight is 998 g/mol.